The standard InChI is InChI=1S/C16H24O.C15H22O2.C15H22O.C14H20O.3C13H18.C8H16/c1-11(2)15-12-8-6-7-9-13(12)16(3,4)10-14(15)17-5;1-10(2)15-13-8-11(9-16)4-5-12(13)6-7-14(15)17-3;1-12(2)14-9-6-10-15(14)16-11-13-7-4-3-5-8-13;1-10(2)14-12-7-5-4-6-11(12)8-9-13(14)15-3;1-9(2)13-10(3)8-11-6-4-5-7-12(11)13;2*1-10(2)12-9-5-7-11-6-3-4-8-13(11)12;1-7(2)8-5-3-4-6-8/h6-9,11,14-15H,10H2,1-5H3;4-5,8,10,14-16H,6-7,9H2,1-3H3;3-5,7-8,12,14-15H,6,9-11H2,1-2H3;4-7,10,13-14H,8-9H2,1-3H3;4-7,9-10,13H,8H2,1-3H3;5,7,9-10H,3-4,6,8H2,1-2H3;3-4,6,8,10,12H,5,7,9H2,1-2H3;7-8H,3-6H2,1-2H3. The highest BCUT2D eigenvalue weighted by atomic mass is 16.5. The van der Waals surface area contributed by atoms with Crippen molar-refractivity contribution in [2.75, 3.05) is 21.3 Å². The molecule has 112 heavy (non-hydrogen) atoms. The molecular weight excluding hydrogens is 1370 g/mol. The summed E-state index contributed by atoms with van der Waals surface area (Å²) in [5, 5.41) is 9.26. The lowest BCUT2D eigenvalue weighted by molar-refractivity contribution is 0.00355. The van der Waals surface area contributed by atoms with E-state index in [0.717, 1.165) is 97.5 Å². The molecule has 5 nitrogen and oxygen atoms in total. The number of aliphatic hydroxyl groups excluding tert-OH is 1. The van der Waals surface area contributed by atoms with Gasteiger partial charge in [-0.25, -0.2) is 0 Å². The van der Waals surface area contributed by atoms with Gasteiger partial charge in [-0.15, -0.1) is 0 Å². The fraction of sp³-hybridized carbons (Fsp3) is 0.607. The van der Waals surface area contributed by atoms with Crippen LogP contribution in [0, 0.1) is 59.2 Å². The Morgan fingerprint density at radius 3 is 1.43 bits per heavy atom. The van der Waals surface area contributed by atoms with Gasteiger partial charge in [-0.1, -0.05) is 327 Å². The minimum Gasteiger partial charge on any atom is -0.392 e. The number of aryl methyl sites for hydroxylation is 4. The second-order valence-electron chi connectivity index (χ2n) is 38.2. The van der Waals surface area contributed by atoms with E-state index >= 15 is 0 Å². The molecule has 5 heteroatoms. The minimum atomic E-state index is 0.121. The van der Waals surface area contributed by atoms with Crippen LogP contribution in [0.3, 0.4) is 0 Å². The Morgan fingerprint density at radius 1 is 0.375 bits per heavy atom. The second-order valence-corrected chi connectivity index (χ2v) is 38.2. The quantitative estimate of drug-likeness (QED) is 0.111. The number of hydrogen-bond acceptors (Lipinski definition) is 5. The van der Waals surface area contributed by atoms with E-state index < -0.39 is 0 Å². The molecular formula is C107H158O5. The Morgan fingerprint density at radius 2 is 0.875 bits per heavy atom. The van der Waals surface area contributed by atoms with Gasteiger partial charge < -0.3 is 24.1 Å². The first-order chi connectivity index (χ1) is 53.7. The van der Waals surface area contributed by atoms with Crippen LogP contribution in [0.1, 0.15) is 340 Å². The molecule has 8 aliphatic carbocycles. The van der Waals surface area contributed by atoms with Crippen molar-refractivity contribution in [1.82, 2.24) is 0 Å². The summed E-state index contributed by atoms with van der Waals surface area (Å²) < 4.78 is 23.1. The highest BCUT2D eigenvalue weighted by Crippen LogP contribution is 2.48. The van der Waals surface area contributed by atoms with Crippen LogP contribution in [-0.4, -0.2) is 50.9 Å². The van der Waals surface area contributed by atoms with Crippen molar-refractivity contribution in [1.29, 1.82) is 0 Å². The largest absolute Gasteiger partial charge is 0.392 e. The maximum atomic E-state index is 9.26. The van der Waals surface area contributed by atoms with Crippen LogP contribution in [0.5, 0.6) is 0 Å². The number of fused-ring (bicyclic) bond motifs is 6. The van der Waals surface area contributed by atoms with E-state index in [1.807, 2.05) is 20.3 Å². The van der Waals surface area contributed by atoms with Crippen molar-refractivity contribution in [2.45, 2.75) is 339 Å². The Bertz CT molecular complexity index is 3810. The molecule has 0 bridgehead atoms. The summed E-state index contributed by atoms with van der Waals surface area (Å²) in [5.41, 5.74) is 22.6. The maximum Gasteiger partial charge on any atom is 0.0720 e. The lowest BCUT2D eigenvalue weighted by atomic mass is 9.65. The van der Waals surface area contributed by atoms with Gasteiger partial charge in [-0.2, -0.15) is 0 Å². The molecule has 0 aromatic heterocycles. The van der Waals surface area contributed by atoms with Crippen LogP contribution >= 0.6 is 0 Å². The molecule has 2 saturated carbocycles. The van der Waals surface area contributed by atoms with Gasteiger partial charge in [0.25, 0.3) is 0 Å². The van der Waals surface area contributed by atoms with E-state index in [-0.39, 0.29) is 12.0 Å². The van der Waals surface area contributed by atoms with Crippen molar-refractivity contribution in [2.24, 2.45) is 59.2 Å². The minimum absolute atomic E-state index is 0.121. The van der Waals surface area contributed by atoms with Crippen molar-refractivity contribution >= 4 is 0 Å². The molecule has 0 heterocycles. The fourth-order valence-electron chi connectivity index (χ4n) is 21.2. The smallest absolute Gasteiger partial charge is 0.0720 e. The lowest BCUT2D eigenvalue weighted by Crippen LogP contribution is -2.39. The van der Waals surface area contributed by atoms with Gasteiger partial charge in [0.05, 0.1) is 37.6 Å². The average molecular weight is 1520 g/mol. The predicted molar refractivity (Wildman–Crippen MR) is 480 cm³/mol. The molecule has 0 spiro atoms. The van der Waals surface area contributed by atoms with Crippen LogP contribution in [0.15, 0.2) is 164 Å². The Labute approximate surface area is 686 Å². The van der Waals surface area contributed by atoms with E-state index in [1.54, 1.807) is 46.1 Å². The van der Waals surface area contributed by atoms with Gasteiger partial charge in [0.2, 0.25) is 0 Å². The number of hydrogen-bond donors (Lipinski definition) is 1. The number of rotatable bonds is 15. The van der Waals surface area contributed by atoms with Crippen molar-refractivity contribution in [3.8, 4) is 0 Å². The number of aliphatic hydroxyl groups is 1. The molecule has 11 unspecified atom stereocenters. The third-order valence-electron chi connectivity index (χ3n) is 27.2. The third-order valence-corrected chi connectivity index (χ3v) is 27.2. The van der Waals surface area contributed by atoms with Crippen LogP contribution in [0.2, 0.25) is 0 Å². The van der Waals surface area contributed by atoms with E-state index in [2.05, 4.69) is 289 Å². The molecule has 0 saturated heterocycles. The van der Waals surface area contributed by atoms with E-state index in [1.165, 1.54) is 135 Å². The van der Waals surface area contributed by atoms with Crippen LogP contribution in [0.4, 0.5) is 0 Å². The molecule has 15 rings (SSSR count). The summed E-state index contributed by atoms with van der Waals surface area (Å²) in [4.78, 5) is 0. The third kappa shape index (κ3) is 25.4. The molecule has 8 aliphatic rings. The SMILES string of the molecule is CC(C)C1CCCC1.CC(C)C1CCCC1OCc1ccccc1.CC(C)C1CCCc2ccccc21.CC(C)C1c2ccccc2CC1C.CC(C)c1cccc2c1CCCC2.COC1CC(C)(C)c2ccccc2C1C(C)C.COC1CCc2ccc(CO)cc2C1C(C)C.COC1CCc2ccccc2C1C(C)C. The van der Waals surface area contributed by atoms with Gasteiger partial charge in [-0.3, -0.25) is 0 Å². The highest BCUT2D eigenvalue weighted by Gasteiger charge is 2.41. The van der Waals surface area contributed by atoms with Crippen LogP contribution in [-0.2, 0) is 76.1 Å². The molecule has 0 amide bonds. The van der Waals surface area contributed by atoms with Gasteiger partial charge in [0.1, 0.15) is 0 Å². The van der Waals surface area contributed by atoms with Crippen molar-refractivity contribution in [3.63, 3.8) is 0 Å². The summed E-state index contributed by atoms with van der Waals surface area (Å²) in [6.07, 6.45) is 27.8. The Hall–Kier alpha value is -5.66. The number of benzene rings is 7. The molecule has 7 aromatic carbocycles. The van der Waals surface area contributed by atoms with Gasteiger partial charge in [-0.05, 0) is 262 Å². The molecule has 11 atom stereocenters. The first kappa shape index (κ1) is 91.9. The Kier molecular flexibility index (Phi) is 37.5. The first-order valence-electron chi connectivity index (χ1n) is 45.1. The maximum absolute atomic E-state index is 9.26. The van der Waals surface area contributed by atoms with Crippen LogP contribution < -0.4 is 0 Å². The fourth-order valence-corrected chi connectivity index (χ4v) is 21.2. The summed E-state index contributed by atoms with van der Waals surface area (Å²) in [6.45, 7) is 44.9. The predicted octanol–water partition coefficient (Wildman–Crippen LogP) is 28.3. The zero-order valence-corrected chi connectivity index (χ0v) is 74.8. The monoisotopic (exact) mass is 1520 g/mol. The summed E-state index contributed by atoms with van der Waals surface area (Å²) in [6, 6.07) is 59.3. The van der Waals surface area contributed by atoms with Gasteiger partial charge >= 0.3 is 0 Å². The summed E-state index contributed by atoms with van der Waals surface area (Å²) >= 11 is 0. The van der Waals surface area contributed by atoms with Gasteiger partial charge in [0.15, 0.2) is 0 Å². The average Bonchev–Trinajstić information content (AvgIpc) is 0.939. The van der Waals surface area contributed by atoms with E-state index in [0.29, 0.717) is 65.8 Å². The normalized spacial score (nSPS) is 23.8. The number of ether oxygens (including phenoxy) is 4. The topological polar surface area (TPSA) is 57.2 Å². The first-order valence-corrected chi connectivity index (χ1v) is 45.1. The van der Waals surface area contributed by atoms with Crippen LogP contribution in [0.25, 0.3) is 0 Å². The van der Waals surface area contributed by atoms with E-state index in [9.17, 15) is 5.11 Å². The van der Waals surface area contributed by atoms with Gasteiger partial charge in [0, 0.05) is 39.1 Å². The highest BCUT2D eigenvalue weighted by molar-refractivity contribution is 5.43. The molecule has 0 aliphatic heterocycles. The summed E-state index contributed by atoms with van der Waals surface area (Å²) in [5.74, 6) is 11.6. The zero-order chi connectivity index (χ0) is 81.2. The molecule has 616 valence electrons. The lowest BCUT2D eigenvalue weighted by Gasteiger charge is -2.43. The second kappa shape index (κ2) is 45.7. The number of methoxy groups -OCH3 is 3. The van der Waals surface area contributed by atoms with Crippen molar-refractivity contribution < 1.29 is 24.1 Å². The van der Waals surface area contributed by atoms with Crippen molar-refractivity contribution in [3.05, 3.63) is 247 Å². The molecule has 0 radical (unpaired) electrons. The Balaban J connectivity index is 0.000000162. The van der Waals surface area contributed by atoms with E-state index in [4.69, 9.17) is 18.9 Å². The molecule has 7 aromatic rings. The molecule has 1 N–H and O–H groups in total. The summed E-state index contributed by atoms with van der Waals surface area (Å²) in [7, 11) is 5.50. The zero-order valence-electron chi connectivity index (χ0n) is 74.8. The molecule has 2 fully saturated rings.